The second-order valence-corrected chi connectivity index (χ2v) is 5.82. The minimum absolute atomic E-state index is 0.155. The zero-order valence-electron chi connectivity index (χ0n) is 12.4. The van der Waals surface area contributed by atoms with E-state index in [1.165, 1.54) is 0 Å². The fourth-order valence-electron chi connectivity index (χ4n) is 2.00. The number of rotatable bonds is 3. The van der Waals surface area contributed by atoms with E-state index in [2.05, 4.69) is 0 Å². The molecule has 0 aromatic heterocycles. The van der Waals surface area contributed by atoms with Gasteiger partial charge in [0.1, 0.15) is 17.4 Å². The van der Waals surface area contributed by atoms with E-state index in [9.17, 15) is 8.78 Å². The molecule has 1 saturated heterocycles. The van der Waals surface area contributed by atoms with E-state index in [4.69, 9.17) is 14.0 Å². The molecule has 0 bridgehead atoms. The highest BCUT2D eigenvalue weighted by atomic mass is 19.1. The summed E-state index contributed by atoms with van der Waals surface area (Å²) >= 11 is 0. The Morgan fingerprint density at radius 1 is 1.05 bits per heavy atom. The summed E-state index contributed by atoms with van der Waals surface area (Å²) < 4.78 is 44.7. The molecule has 0 amide bonds. The number of halogens is 2. The fourth-order valence-corrected chi connectivity index (χ4v) is 2.00. The normalized spacial score (nSPS) is 20.2. The fraction of sp³-hybridized carbons (Fsp3) is 0.571. The van der Waals surface area contributed by atoms with Gasteiger partial charge in [0.15, 0.2) is 0 Å². The minimum atomic E-state index is -1.06. The maximum Gasteiger partial charge on any atom is 0.500 e. The summed E-state index contributed by atoms with van der Waals surface area (Å²) in [7, 11) is -1.06. The van der Waals surface area contributed by atoms with Crippen LogP contribution < -0.4 is 10.2 Å². The molecule has 20 heavy (non-hydrogen) atoms. The molecular weight excluding hydrogens is 265 g/mol. The second-order valence-electron chi connectivity index (χ2n) is 5.82. The Morgan fingerprint density at radius 2 is 1.50 bits per heavy atom. The van der Waals surface area contributed by atoms with Crippen LogP contribution in [-0.2, 0) is 9.31 Å². The van der Waals surface area contributed by atoms with E-state index in [1.54, 1.807) is 6.92 Å². The average molecular weight is 284 g/mol. The Hall–Kier alpha value is -1.14. The van der Waals surface area contributed by atoms with E-state index in [-0.39, 0.29) is 11.2 Å². The standard InChI is InChI=1S/C14H19BF2O3/c1-6-18-9-7-10(16)12(11(17)8-9)15-19-13(2,3)14(4,5)20-15/h7-8H,6H2,1-5H3. The Labute approximate surface area is 118 Å². The predicted octanol–water partition coefficient (Wildman–Crippen LogP) is 2.66. The van der Waals surface area contributed by atoms with E-state index < -0.39 is 30.0 Å². The molecule has 1 heterocycles. The monoisotopic (exact) mass is 284 g/mol. The van der Waals surface area contributed by atoms with Gasteiger partial charge >= 0.3 is 7.12 Å². The molecule has 0 atom stereocenters. The molecule has 1 aromatic rings. The van der Waals surface area contributed by atoms with Crippen LogP contribution in [0.2, 0.25) is 0 Å². The van der Waals surface area contributed by atoms with Gasteiger partial charge in [-0.3, -0.25) is 0 Å². The molecule has 0 saturated carbocycles. The van der Waals surface area contributed by atoms with E-state index in [0.717, 1.165) is 12.1 Å². The van der Waals surface area contributed by atoms with Crippen molar-refractivity contribution in [2.45, 2.75) is 45.8 Å². The van der Waals surface area contributed by atoms with Crippen LogP contribution in [0.3, 0.4) is 0 Å². The molecule has 2 rings (SSSR count). The summed E-state index contributed by atoms with van der Waals surface area (Å²) in [6, 6.07) is 2.29. The van der Waals surface area contributed by atoms with Gasteiger partial charge in [-0.25, -0.2) is 8.78 Å². The molecule has 110 valence electrons. The molecule has 1 aliphatic rings. The highest BCUT2D eigenvalue weighted by molar-refractivity contribution is 6.62. The van der Waals surface area contributed by atoms with E-state index >= 15 is 0 Å². The minimum Gasteiger partial charge on any atom is -0.494 e. The molecule has 0 spiro atoms. The van der Waals surface area contributed by atoms with Crippen LogP contribution in [0.1, 0.15) is 34.6 Å². The predicted molar refractivity (Wildman–Crippen MR) is 73.2 cm³/mol. The molecule has 1 fully saturated rings. The summed E-state index contributed by atoms with van der Waals surface area (Å²) in [5.41, 5.74) is -1.50. The summed E-state index contributed by atoms with van der Waals surface area (Å²) in [5, 5.41) is 0. The van der Waals surface area contributed by atoms with Crippen molar-refractivity contribution in [2.75, 3.05) is 6.61 Å². The first-order chi connectivity index (χ1) is 9.18. The first-order valence-corrected chi connectivity index (χ1v) is 6.65. The number of hydrogen-bond acceptors (Lipinski definition) is 3. The van der Waals surface area contributed by atoms with Crippen molar-refractivity contribution < 1.29 is 22.8 Å². The van der Waals surface area contributed by atoms with Crippen LogP contribution in [0.4, 0.5) is 8.78 Å². The van der Waals surface area contributed by atoms with Gasteiger partial charge in [0, 0.05) is 12.1 Å². The van der Waals surface area contributed by atoms with Crippen LogP contribution in [0.5, 0.6) is 5.75 Å². The van der Waals surface area contributed by atoms with Crippen LogP contribution >= 0.6 is 0 Å². The molecule has 6 heteroatoms. The van der Waals surface area contributed by atoms with Crippen LogP contribution in [0, 0.1) is 11.6 Å². The lowest BCUT2D eigenvalue weighted by Gasteiger charge is -2.32. The molecule has 0 aliphatic carbocycles. The van der Waals surface area contributed by atoms with Crippen molar-refractivity contribution >= 4 is 12.6 Å². The maximum atomic E-state index is 14.1. The Bertz CT molecular complexity index is 478. The van der Waals surface area contributed by atoms with Gasteiger partial charge in [-0.15, -0.1) is 0 Å². The third-order valence-corrected chi connectivity index (χ3v) is 3.85. The highest BCUT2D eigenvalue weighted by Gasteiger charge is 2.53. The smallest absolute Gasteiger partial charge is 0.494 e. The lowest BCUT2D eigenvalue weighted by atomic mass is 9.78. The third-order valence-electron chi connectivity index (χ3n) is 3.85. The second kappa shape index (κ2) is 5.00. The first kappa shape index (κ1) is 15.3. The highest BCUT2D eigenvalue weighted by Crippen LogP contribution is 2.37. The van der Waals surface area contributed by atoms with Gasteiger partial charge in [0.05, 0.1) is 23.3 Å². The topological polar surface area (TPSA) is 27.7 Å². The quantitative estimate of drug-likeness (QED) is 0.799. The van der Waals surface area contributed by atoms with Crippen molar-refractivity contribution in [1.82, 2.24) is 0 Å². The number of hydrogen-bond donors (Lipinski definition) is 0. The molecule has 0 N–H and O–H groups in total. The Morgan fingerprint density at radius 3 is 1.90 bits per heavy atom. The largest absolute Gasteiger partial charge is 0.500 e. The molecular formula is C14H19BF2O3. The Balaban J connectivity index is 2.36. The Kier molecular flexibility index (Phi) is 3.82. The van der Waals surface area contributed by atoms with Gasteiger partial charge in [0.2, 0.25) is 0 Å². The van der Waals surface area contributed by atoms with Crippen molar-refractivity contribution in [3.8, 4) is 5.75 Å². The third kappa shape index (κ3) is 2.54. The maximum absolute atomic E-state index is 14.1. The van der Waals surface area contributed by atoms with Crippen LogP contribution in [0.15, 0.2) is 12.1 Å². The first-order valence-electron chi connectivity index (χ1n) is 6.65. The zero-order valence-corrected chi connectivity index (χ0v) is 12.4. The molecule has 0 unspecified atom stereocenters. The van der Waals surface area contributed by atoms with E-state index in [1.807, 2.05) is 27.7 Å². The SMILES string of the molecule is CCOc1cc(F)c(B2OC(C)(C)C(C)(C)O2)c(F)c1. The van der Waals surface area contributed by atoms with Gasteiger partial charge < -0.3 is 14.0 Å². The molecule has 1 aliphatic heterocycles. The van der Waals surface area contributed by atoms with Gasteiger partial charge in [0.25, 0.3) is 0 Å². The summed E-state index contributed by atoms with van der Waals surface area (Å²) in [6.07, 6.45) is 0. The van der Waals surface area contributed by atoms with E-state index in [0.29, 0.717) is 6.61 Å². The number of ether oxygens (including phenoxy) is 1. The van der Waals surface area contributed by atoms with Crippen molar-refractivity contribution in [3.05, 3.63) is 23.8 Å². The zero-order chi connectivity index (χ0) is 15.1. The number of benzene rings is 1. The lowest BCUT2D eigenvalue weighted by Crippen LogP contribution is -2.41. The summed E-state index contributed by atoms with van der Waals surface area (Å²) in [6.45, 7) is 9.41. The average Bonchev–Trinajstić information content (AvgIpc) is 2.46. The van der Waals surface area contributed by atoms with Crippen molar-refractivity contribution in [2.24, 2.45) is 0 Å². The van der Waals surface area contributed by atoms with Crippen LogP contribution in [-0.4, -0.2) is 24.9 Å². The van der Waals surface area contributed by atoms with Crippen molar-refractivity contribution in [3.63, 3.8) is 0 Å². The molecule has 1 aromatic carbocycles. The van der Waals surface area contributed by atoms with Gasteiger partial charge in [-0.05, 0) is 34.6 Å². The van der Waals surface area contributed by atoms with Crippen LogP contribution in [0.25, 0.3) is 0 Å². The molecule has 3 nitrogen and oxygen atoms in total. The molecule has 0 radical (unpaired) electrons. The van der Waals surface area contributed by atoms with Gasteiger partial charge in [-0.1, -0.05) is 0 Å². The summed E-state index contributed by atoms with van der Waals surface area (Å²) in [5.74, 6) is -1.30. The lowest BCUT2D eigenvalue weighted by molar-refractivity contribution is 0.00578. The van der Waals surface area contributed by atoms with Gasteiger partial charge in [-0.2, -0.15) is 0 Å². The van der Waals surface area contributed by atoms with Crippen molar-refractivity contribution in [1.29, 1.82) is 0 Å². The summed E-state index contributed by atoms with van der Waals surface area (Å²) in [4.78, 5) is 0.